The van der Waals surface area contributed by atoms with E-state index < -0.39 is 0 Å². The number of carbonyl (C=O) groups is 2. The maximum atomic E-state index is 13.2. The van der Waals surface area contributed by atoms with Crippen LogP contribution >= 0.6 is 0 Å². The SMILES string of the molecule is C=C(CN1CCNCC1)C(=O)NCC1CCCN(Cc2ccnc(C(=O)Nc3ccc(-c4cc5c(N6CCOCC6)ncnc5[nH]4)cc3)c2)C1. The molecule has 7 rings (SSSR count). The lowest BCUT2D eigenvalue weighted by atomic mass is 9.97. The van der Waals surface area contributed by atoms with Crippen molar-refractivity contribution in [3.05, 3.63) is 78.4 Å². The Balaban J connectivity index is 0.912. The van der Waals surface area contributed by atoms with Gasteiger partial charge in [0.2, 0.25) is 5.91 Å². The van der Waals surface area contributed by atoms with Crippen LogP contribution in [0.2, 0.25) is 0 Å². The highest BCUT2D eigenvalue weighted by atomic mass is 16.5. The third-order valence-corrected chi connectivity index (χ3v) is 9.73. The number of H-pyrrole nitrogens is 1. The highest BCUT2D eigenvalue weighted by Gasteiger charge is 2.23. The second kappa shape index (κ2) is 15.9. The molecule has 0 saturated carbocycles. The number of piperazine rings is 1. The molecular formula is C37H46N10O3. The van der Waals surface area contributed by atoms with E-state index in [2.05, 4.69) is 63.2 Å². The molecule has 1 aromatic carbocycles. The number of carbonyl (C=O) groups excluding carboxylic acids is 2. The lowest BCUT2D eigenvalue weighted by molar-refractivity contribution is -0.118. The summed E-state index contributed by atoms with van der Waals surface area (Å²) in [6.45, 7) is 14.6. The second-order valence-electron chi connectivity index (χ2n) is 13.4. The number of anilines is 2. The van der Waals surface area contributed by atoms with Gasteiger partial charge in [-0.1, -0.05) is 18.7 Å². The number of morpholine rings is 1. The molecule has 0 bridgehead atoms. The van der Waals surface area contributed by atoms with Crippen molar-refractivity contribution >= 4 is 34.4 Å². The number of ether oxygens (including phenoxy) is 1. The van der Waals surface area contributed by atoms with Crippen molar-refractivity contribution in [3.8, 4) is 11.3 Å². The molecule has 262 valence electrons. The first-order valence-corrected chi connectivity index (χ1v) is 17.6. The fourth-order valence-electron chi connectivity index (χ4n) is 7.03. The lowest BCUT2D eigenvalue weighted by Gasteiger charge is -2.33. The Morgan fingerprint density at radius 2 is 1.78 bits per heavy atom. The number of amides is 2. The standard InChI is InChI=1S/C37H46N10O3/c1-26(22-45-13-10-38-11-14-45)36(48)40-21-28-3-2-12-46(24-28)23-27-8-9-39-33(19-27)37(49)43-30-6-4-29(5-7-30)32-20-31-34(44-32)41-25-42-35(31)47-15-17-50-18-16-47/h4-9,19-20,25,28,38H,1-3,10-18,21-24H2,(H,40,48)(H,43,49)(H,41,42,44). The third kappa shape index (κ3) is 8.36. The molecule has 3 aliphatic rings. The quantitative estimate of drug-likeness (QED) is 0.175. The molecule has 3 aliphatic heterocycles. The van der Waals surface area contributed by atoms with E-state index in [1.165, 1.54) is 0 Å². The molecular weight excluding hydrogens is 632 g/mol. The monoisotopic (exact) mass is 678 g/mol. The summed E-state index contributed by atoms with van der Waals surface area (Å²) in [6, 6.07) is 13.6. The smallest absolute Gasteiger partial charge is 0.274 e. The van der Waals surface area contributed by atoms with Gasteiger partial charge in [-0.2, -0.15) is 0 Å². The van der Waals surface area contributed by atoms with Gasteiger partial charge in [0.1, 0.15) is 23.5 Å². The number of hydrogen-bond donors (Lipinski definition) is 4. The Labute approximate surface area is 292 Å². The van der Waals surface area contributed by atoms with Gasteiger partial charge >= 0.3 is 0 Å². The normalized spacial score (nSPS) is 19.0. The van der Waals surface area contributed by atoms with Crippen LogP contribution in [0.4, 0.5) is 11.5 Å². The maximum Gasteiger partial charge on any atom is 0.274 e. The molecule has 0 radical (unpaired) electrons. The van der Waals surface area contributed by atoms with Crippen LogP contribution in [0.1, 0.15) is 28.9 Å². The molecule has 3 saturated heterocycles. The number of benzene rings is 1. The summed E-state index contributed by atoms with van der Waals surface area (Å²) in [5.41, 5.74) is 5.42. The fraction of sp³-hybridized carbons (Fsp3) is 0.432. The van der Waals surface area contributed by atoms with Crippen molar-refractivity contribution in [3.63, 3.8) is 0 Å². The number of aromatic nitrogens is 4. The molecule has 3 fully saturated rings. The number of fused-ring (bicyclic) bond motifs is 1. The van der Waals surface area contributed by atoms with E-state index in [9.17, 15) is 9.59 Å². The third-order valence-electron chi connectivity index (χ3n) is 9.73. The van der Waals surface area contributed by atoms with E-state index in [0.29, 0.717) is 49.2 Å². The van der Waals surface area contributed by atoms with Gasteiger partial charge < -0.3 is 30.6 Å². The second-order valence-corrected chi connectivity index (χ2v) is 13.4. The van der Waals surface area contributed by atoms with E-state index in [4.69, 9.17) is 4.74 Å². The van der Waals surface area contributed by atoms with Crippen LogP contribution in [0.3, 0.4) is 0 Å². The molecule has 0 aliphatic carbocycles. The van der Waals surface area contributed by atoms with Crippen LogP contribution in [0, 0.1) is 5.92 Å². The first-order chi connectivity index (χ1) is 24.5. The van der Waals surface area contributed by atoms with Crippen molar-refractivity contribution in [2.75, 3.05) is 88.9 Å². The van der Waals surface area contributed by atoms with Crippen molar-refractivity contribution in [1.29, 1.82) is 0 Å². The van der Waals surface area contributed by atoms with E-state index in [1.807, 2.05) is 36.4 Å². The van der Waals surface area contributed by atoms with E-state index in [-0.39, 0.29) is 11.8 Å². The highest BCUT2D eigenvalue weighted by Crippen LogP contribution is 2.30. The molecule has 4 N–H and O–H groups in total. The number of piperidine rings is 1. The largest absolute Gasteiger partial charge is 0.378 e. The molecule has 0 spiro atoms. The van der Waals surface area contributed by atoms with Gasteiger partial charge in [-0.3, -0.25) is 24.4 Å². The Bertz CT molecular complexity index is 1800. The Kier molecular flexibility index (Phi) is 10.7. The molecule has 1 unspecified atom stereocenters. The average molecular weight is 679 g/mol. The minimum atomic E-state index is -0.254. The van der Waals surface area contributed by atoms with Crippen LogP contribution in [0.5, 0.6) is 0 Å². The summed E-state index contributed by atoms with van der Waals surface area (Å²) in [5, 5.41) is 10.4. The molecule has 13 heteroatoms. The minimum absolute atomic E-state index is 0.0501. The predicted molar refractivity (Wildman–Crippen MR) is 194 cm³/mol. The first kappa shape index (κ1) is 33.8. The van der Waals surface area contributed by atoms with Crippen molar-refractivity contribution in [2.45, 2.75) is 19.4 Å². The summed E-state index contributed by atoms with van der Waals surface area (Å²) < 4.78 is 5.51. The summed E-state index contributed by atoms with van der Waals surface area (Å²) >= 11 is 0. The number of nitrogens with zero attached hydrogens (tertiary/aromatic N) is 6. The molecule has 2 amide bonds. The zero-order valence-electron chi connectivity index (χ0n) is 28.5. The highest BCUT2D eigenvalue weighted by molar-refractivity contribution is 6.03. The van der Waals surface area contributed by atoms with Crippen LogP contribution in [0.15, 0.2) is 67.1 Å². The summed E-state index contributed by atoms with van der Waals surface area (Å²) in [4.78, 5) is 49.6. The van der Waals surface area contributed by atoms with Crippen LogP contribution < -0.4 is 20.9 Å². The van der Waals surface area contributed by atoms with E-state index in [1.54, 1.807) is 12.5 Å². The van der Waals surface area contributed by atoms with Gasteiger partial charge in [-0.25, -0.2) is 9.97 Å². The molecule has 6 heterocycles. The Hall–Kier alpha value is -4.69. The van der Waals surface area contributed by atoms with Gasteiger partial charge in [0.15, 0.2) is 0 Å². The number of likely N-dealkylation sites (tertiary alicyclic amines) is 1. The number of hydrogen-bond acceptors (Lipinski definition) is 10. The summed E-state index contributed by atoms with van der Waals surface area (Å²) in [6.07, 6.45) is 5.43. The first-order valence-electron chi connectivity index (χ1n) is 17.6. The van der Waals surface area contributed by atoms with Crippen molar-refractivity contribution in [1.82, 2.24) is 40.4 Å². The molecule has 3 aromatic heterocycles. The number of rotatable bonds is 11. The number of nitrogens with one attached hydrogen (secondary N) is 4. The zero-order chi connectivity index (χ0) is 34.3. The summed E-state index contributed by atoms with van der Waals surface area (Å²) in [7, 11) is 0. The zero-order valence-corrected chi connectivity index (χ0v) is 28.5. The number of pyridine rings is 1. The molecule has 4 aromatic rings. The maximum absolute atomic E-state index is 13.2. The molecule has 50 heavy (non-hydrogen) atoms. The Morgan fingerprint density at radius 1 is 0.960 bits per heavy atom. The van der Waals surface area contributed by atoms with Gasteiger partial charge in [0, 0.05) is 88.6 Å². The average Bonchev–Trinajstić information content (AvgIpc) is 3.60. The van der Waals surface area contributed by atoms with Crippen LogP contribution in [0.25, 0.3) is 22.3 Å². The Morgan fingerprint density at radius 3 is 2.60 bits per heavy atom. The van der Waals surface area contributed by atoms with Crippen LogP contribution in [-0.4, -0.2) is 120 Å². The molecule has 1 atom stereocenters. The molecule has 13 nitrogen and oxygen atoms in total. The number of aromatic amines is 1. The van der Waals surface area contributed by atoms with E-state index in [0.717, 1.165) is 105 Å². The van der Waals surface area contributed by atoms with Gasteiger partial charge in [-0.15, -0.1) is 0 Å². The minimum Gasteiger partial charge on any atom is -0.378 e. The lowest BCUT2D eigenvalue weighted by Crippen LogP contribution is -2.46. The topological polar surface area (TPSA) is 144 Å². The van der Waals surface area contributed by atoms with Gasteiger partial charge in [-0.05, 0) is 66.8 Å². The summed E-state index contributed by atoms with van der Waals surface area (Å²) in [5.74, 6) is 0.977. The van der Waals surface area contributed by atoms with Crippen molar-refractivity contribution in [2.24, 2.45) is 5.92 Å². The predicted octanol–water partition coefficient (Wildman–Crippen LogP) is 2.90. The van der Waals surface area contributed by atoms with Crippen molar-refractivity contribution < 1.29 is 14.3 Å². The van der Waals surface area contributed by atoms with E-state index >= 15 is 0 Å². The fourth-order valence-corrected chi connectivity index (χ4v) is 7.03. The van der Waals surface area contributed by atoms with Crippen LogP contribution in [-0.2, 0) is 16.1 Å². The van der Waals surface area contributed by atoms with Gasteiger partial charge in [0.05, 0.1) is 18.6 Å². The van der Waals surface area contributed by atoms with Gasteiger partial charge in [0.25, 0.3) is 5.91 Å².